The van der Waals surface area contributed by atoms with Gasteiger partial charge in [-0.25, -0.2) is 17.5 Å². The zero-order chi connectivity index (χ0) is 14.8. The highest BCUT2D eigenvalue weighted by Crippen LogP contribution is 2.26. The van der Waals surface area contributed by atoms with Crippen LogP contribution in [0.4, 0.5) is 4.39 Å². The summed E-state index contributed by atoms with van der Waals surface area (Å²) in [7, 11) is -3.95. The maximum atomic E-state index is 14.0. The third kappa shape index (κ3) is 3.49. The third-order valence-corrected chi connectivity index (χ3v) is 5.22. The van der Waals surface area contributed by atoms with Gasteiger partial charge in [-0.15, -0.1) is 0 Å². The van der Waals surface area contributed by atoms with Crippen LogP contribution < -0.4 is 4.72 Å². The molecule has 0 spiro atoms. The van der Waals surface area contributed by atoms with E-state index in [1.165, 1.54) is 6.07 Å². The third-order valence-electron chi connectivity index (χ3n) is 3.58. The molecule has 0 atom stereocenters. The fourth-order valence-electron chi connectivity index (χ4n) is 2.45. The summed E-state index contributed by atoms with van der Waals surface area (Å²) in [6, 6.07) is 2.28. The van der Waals surface area contributed by atoms with E-state index in [9.17, 15) is 12.8 Å². The molecule has 0 amide bonds. The first-order valence-electron chi connectivity index (χ1n) is 6.52. The van der Waals surface area contributed by atoms with Crippen molar-refractivity contribution in [1.29, 1.82) is 0 Å². The van der Waals surface area contributed by atoms with Crippen LogP contribution in [0.15, 0.2) is 17.0 Å². The molecular formula is C13H17ClFNO3S. The predicted molar refractivity (Wildman–Crippen MR) is 74.5 cm³/mol. The fraction of sp³-hybridized carbons (Fsp3) is 0.538. The van der Waals surface area contributed by atoms with Crippen LogP contribution in [0.5, 0.6) is 0 Å². The highest BCUT2D eigenvalue weighted by molar-refractivity contribution is 7.89. The molecule has 112 valence electrons. The molecule has 1 aromatic rings. The van der Waals surface area contributed by atoms with Crippen LogP contribution in [0.25, 0.3) is 0 Å². The Hall–Kier alpha value is -0.690. The molecule has 7 heteroatoms. The molecule has 0 heterocycles. The zero-order valence-corrected chi connectivity index (χ0v) is 12.5. The van der Waals surface area contributed by atoms with Crippen molar-refractivity contribution in [2.24, 2.45) is 5.92 Å². The van der Waals surface area contributed by atoms with Gasteiger partial charge >= 0.3 is 0 Å². The highest BCUT2D eigenvalue weighted by Gasteiger charge is 2.24. The average molecular weight is 322 g/mol. The van der Waals surface area contributed by atoms with E-state index in [0.717, 1.165) is 31.7 Å². The molecule has 1 saturated carbocycles. The molecule has 0 bridgehead atoms. The summed E-state index contributed by atoms with van der Waals surface area (Å²) in [4.78, 5) is -0.507. The number of sulfonamides is 1. The van der Waals surface area contributed by atoms with Gasteiger partial charge in [0, 0.05) is 17.1 Å². The number of halogens is 2. The summed E-state index contributed by atoms with van der Waals surface area (Å²) in [5.74, 6) is -0.639. The standard InChI is InChI=1S/C13H17ClFNO3S/c14-11-5-10(8-17)13(15)12(6-11)20(18,19)16-7-9-3-1-2-4-9/h5-6,9,16-17H,1-4,7-8H2. The van der Waals surface area contributed by atoms with Crippen LogP contribution in [-0.2, 0) is 16.6 Å². The Morgan fingerprint density at radius 1 is 1.35 bits per heavy atom. The molecule has 0 radical (unpaired) electrons. The number of aliphatic hydroxyl groups is 1. The van der Waals surface area contributed by atoms with Gasteiger partial charge < -0.3 is 5.11 Å². The number of hydrogen-bond acceptors (Lipinski definition) is 3. The summed E-state index contributed by atoms with van der Waals surface area (Å²) in [5, 5.41) is 9.10. The van der Waals surface area contributed by atoms with Gasteiger partial charge in [0.1, 0.15) is 10.7 Å². The second-order valence-corrected chi connectivity index (χ2v) is 7.21. The van der Waals surface area contributed by atoms with Crippen molar-refractivity contribution in [3.63, 3.8) is 0 Å². The lowest BCUT2D eigenvalue weighted by molar-refractivity contribution is 0.274. The molecule has 1 aromatic carbocycles. The number of nitrogens with one attached hydrogen (secondary N) is 1. The molecule has 0 unspecified atom stereocenters. The highest BCUT2D eigenvalue weighted by atomic mass is 35.5. The lowest BCUT2D eigenvalue weighted by atomic mass is 10.1. The van der Waals surface area contributed by atoms with Gasteiger partial charge in [0.2, 0.25) is 10.0 Å². The van der Waals surface area contributed by atoms with Gasteiger partial charge in [-0.05, 0) is 30.9 Å². The van der Waals surface area contributed by atoms with E-state index in [2.05, 4.69) is 4.72 Å². The van der Waals surface area contributed by atoms with E-state index in [0.29, 0.717) is 12.5 Å². The van der Waals surface area contributed by atoms with Gasteiger partial charge in [-0.3, -0.25) is 0 Å². The zero-order valence-electron chi connectivity index (χ0n) is 10.9. The van der Waals surface area contributed by atoms with E-state index >= 15 is 0 Å². The summed E-state index contributed by atoms with van der Waals surface area (Å²) in [5.41, 5.74) is -0.126. The Bertz CT molecular complexity index is 586. The molecule has 2 rings (SSSR count). The topological polar surface area (TPSA) is 66.4 Å². The smallest absolute Gasteiger partial charge is 0.243 e. The maximum Gasteiger partial charge on any atom is 0.243 e. The minimum atomic E-state index is -3.95. The van der Waals surface area contributed by atoms with Gasteiger partial charge in [0.25, 0.3) is 0 Å². The number of rotatable bonds is 5. The molecule has 2 N–H and O–H groups in total. The van der Waals surface area contributed by atoms with Gasteiger partial charge in [-0.2, -0.15) is 0 Å². The minimum absolute atomic E-state index is 0.0803. The quantitative estimate of drug-likeness (QED) is 0.875. The van der Waals surface area contributed by atoms with E-state index < -0.39 is 27.3 Å². The Morgan fingerprint density at radius 2 is 2.00 bits per heavy atom. The van der Waals surface area contributed by atoms with Crippen LogP contribution in [0.3, 0.4) is 0 Å². The van der Waals surface area contributed by atoms with E-state index in [1.54, 1.807) is 0 Å². The van der Waals surface area contributed by atoms with E-state index in [-0.39, 0.29) is 10.6 Å². The first-order valence-corrected chi connectivity index (χ1v) is 8.38. The van der Waals surface area contributed by atoms with Crippen molar-refractivity contribution in [2.75, 3.05) is 6.54 Å². The lowest BCUT2D eigenvalue weighted by Gasteiger charge is -2.13. The SMILES string of the molecule is O=S(=O)(NCC1CCCC1)c1cc(Cl)cc(CO)c1F. The molecule has 0 aliphatic heterocycles. The average Bonchev–Trinajstić information content (AvgIpc) is 2.92. The molecular weight excluding hydrogens is 305 g/mol. The van der Waals surface area contributed by atoms with E-state index in [4.69, 9.17) is 16.7 Å². The number of aliphatic hydroxyl groups excluding tert-OH is 1. The molecule has 4 nitrogen and oxygen atoms in total. The maximum absolute atomic E-state index is 14.0. The summed E-state index contributed by atoms with van der Waals surface area (Å²) < 4.78 is 40.7. The fourth-order valence-corrected chi connectivity index (χ4v) is 4.01. The lowest BCUT2D eigenvalue weighted by Crippen LogP contribution is -2.29. The van der Waals surface area contributed by atoms with Crippen molar-refractivity contribution in [3.05, 3.63) is 28.5 Å². The Balaban J connectivity index is 2.22. The van der Waals surface area contributed by atoms with Gasteiger partial charge in [0.15, 0.2) is 0 Å². The molecule has 0 saturated heterocycles. The monoisotopic (exact) mass is 321 g/mol. The largest absolute Gasteiger partial charge is 0.392 e. The van der Waals surface area contributed by atoms with Crippen LogP contribution in [-0.4, -0.2) is 20.1 Å². The van der Waals surface area contributed by atoms with Gasteiger partial charge in [0.05, 0.1) is 6.61 Å². The Labute approximate surface area is 123 Å². The normalized spacial score (nSPS) is 16.8. The molecule has 1 aliphatic carbocycles. The van der Waals surface area contributed by atoms with Gasteiger partial charge in [-0.1, -0.05) is 24.4 Å². The molecule has 20 heavy (non-hydrogen) atoms. The van der Waals surface area contributed by atoms with Crippen molar-refractivity contribution < 1.29 is 17.9 Å². The number of hydrogen-bond donors (Lipinski definition) is 2. The Morgan fingerprint density at radius 3 is 2.60 bits per heavy atom. The molecule has 1 aliphatic rings. The summed E-state index contributed by atoms with van der Waals surface area (Å²) in [6.07, 6.45) is 4.18. The van der Waals surface area contributed by atoms with E-state index in [1.807, 2.05) is 0 Å². The summed E-state index contributed by atoms with van der Waals surface area (Å²) >= 11 is 5.76. The van der Waals surface area contributed by atoms with Crippen LogP contribution in [0, 0.1) is 11.7 Å². The van der Waals surface area contributed by atoms with Crippen molar-refractivity contribution in [1.82, 2.24) is 4.72 Å². The van der Waals surface area contributed by atoms with Crippen molar-refractivity contribution >= 4 is 21.6 Å². The minimum Gasteiger partial charge on any atom is -0.392 e. The molecule has 1 fully saturated rings. The van der Waals surface area contributed by atoms with Crippen LogP contribution in [0.1, 0.15) is 31.2 Å². The van der Waals surface area contributed by atoms with Crippen molar-refractivity contribution in [3.8, 4) is 0 Å². The Kier molecular flexibility index (Phi) is 5.01. The summed E-state index contributed by atoms with van der Waals surface area (Å²) in [6.45, 7) is -0.291. The first kappa shape index (κ1) is 15.7. The second kappa shape index (κ2) is 6.39. The molecule has 0 aromatic heterocycles. The number of benzene rings is 1. The van der Waals surface area contributed by atoms with Crippen LogP contribution in [0.2, 0.25) is 5.02 Å². The van der Waals surface area contributed by atoms with Crippen LogP contribution >= 0.6 is 11.6 Å². The predicted octanol–water partition coefficient (Wildman–Crippen LogP) is 2.44. The second-order valence-electron chi connectivity index (χ2n) is 5.04. The first-order chi connectivity index (χ1) is 9.44. The van der Waals surface area contributed by atoms with Crippen molar-refractivity contribution in [2.45, 2.75) is 37.2 Å².